The standard InChI is InChI=1S/C14H28N2O.C11H12FN.C2H5N.C2H6.C2H2/c1-12-6-8-16(9-7-12)10-13(15-5)11-17-14(2,3)4;12-11-8-4-2-1-3-6-10(11)7-5-9-13;1-3-2;2*1-2/h12H,6-11H2,1-5H3;1-4H,5-8H2;1H2,2H3;1-2H3;1-2H/b;3-1?,4-2-,11-10-;;;. The Bertz CT molecular complexity index is 743. The van der Waals surface area contributed by atoms with Gasteiger partial charge in [0.05, 0.1) is 24.0 Å². The van der Waals surface area contributed by atoms with Crippen LogP contribution < -0.4 is 0 Å². The second-order valence-corrected chi connectivity index (χ2v) is 9.40. The molecule has 1 aliphatic heterocycles. The minimum atomic E-state index is -0.0770. The summed E-state index contributed by atoms with van der Waals surface area (Å²) in [6.07, 6.45) is 20.1. The molecule has 1 saturated heterocycles. The van der Waals surface area contributed by atoms with Crippen LogP contribution in [0, 0.1) is 30.1 Å². The Balaban J connectivity index is -0.000000513. The van der Waals surface area contributed by atoms with Crippen LogP contribution in [0.25, 0.3) is 0 Å². The summed E-state index contributed by atoms with van der Waals surface area (Å²) in [6.45, 7) is 19.8. The van der Waals surface area contributed by atoms with Gasteiger partial charge >= 0.3 is 0 Å². The van der Waals surface area contributed by atoms with Crippen molar-refractivity contribution in [3.8, 4) is 18.9 Å². The summed E-state index contributed by atoms with van der Waals surface area (Å²) in [5.41, 5.74) is 1.85. The van der Waals surface area contributed by atoms with E-state index < -0.39 is 0 Å². The van der Waals surface area contributed by atoms with Crippen LogP contribution in [0.4, 0.5) is 4.39 Å². The Morgan fingerprint density at radius 1 is 1.16 bits per heavy atom. The van der Waals surface area contributed by atoms with Crippen LogP contribution >= 0.6 is 0 Å². The molecule has 0 N–H and O–H groups in total. The van der Waals surface area contributed by atoms with Crippen LogP contribution in [0.3, 0.4) is 0 Å². The second kappa shape index (κ2) is 26.5. The highest BCUT2D eigenvalue weighted by atomic mass is 19.1. The van der Waals surface area contributed by atoms with Crippen molar-refractivity contribution in [3.63, 3.8) is 0 Å². The minimum Gasteiger partial charge on any atom is -0.370 e. The Hall–Kier alpha value is -2.54. The van der Waals surface area contributed by atoms with Crippen molar-refractivity contribution in [3.05, 3.63) is 35.7 Å². The first kappa shape index (κ1) is 39.0. The van der Waals surface area contributed by atoms with Crippen molar-refractivity contribution in [2.24, 2.45) is 15.9 Å². The number of hydrogen-bond donors (Lipinski definition) is 0. The Kier molecular flexibility index (Phi) is 27.9. The molecule has 5 nitrogen and oxygen atoms in total. The predicted molar refractivity (Wildman–Crippen MR) is 161 cm³/mol. The van der Waals surface area contributed by atoms with Gasteiger partial charge in [0.1, 0.15) is 5.83 Å². The molecule has 2 rings (SSSR count). The summed E-state index contributed by atoms with van der Waals surface area (Å²) in [6, 6.07) is 2.03. The Morgan fingerprint density at radius 3 is 2.14 bits per heavy atom. The first-order valence-corrected chi connectivity index (χ1v) is 13.2. The van der Waals surface area contributed by atoms with E-state index >= 15 is 0 Å². The van der Waals surface area contributed by atoms with Crippen molar-refractivity contribution >= 4 is 12.4 Å². The lowest BCUT2D eigenvalue weighted by Crippen LogP contribution is -2.38. The van der Waals surface area contributed by atoms with Gasteiger partial charge in [-0.2, -0.15) is 5.26 Å². The van der Waals surface area contributed by atoms with Crippen LogP contribution in [-0.2, 0) is 4.74 Å². The minimum absolute atomic E-state index is 0.0733. The van der Waals surface area contributed by atoms with Crippen LogP contribution in [0.2, 0.25) is 0 Å². The molecule has 2 aliphatic rings. The van der Waals surface area contributed by atoms with Gasteiger partial charge in [0.25, 0.3) is 0 Å². The third-order valence-electron chi connectivity index (χ3n) is 5.24. The zero-order valence-electron chi connectivity index (χ0n) is 24.9. The summed E-state index contributed by atoms with van der Waals surface area (Å²) in [7, 11) is 3.51. The van der Waals surface area contributed by atoms with E-state index in [-0.39, 0.29) is 11.4 Å². The molecular weight excluding hydrogens is 463 g/mol. The highest BCUT2D eigenvalue weighted by Gasteiger charge is 2.18. The lowest BCUT2D eigenvalue weighted by Gasteiger charge is -2.31. The molecule has 1 heterocycles. The van der Waals surface area contributed by atoms with Crippen molar-refractivity contribution in [2.45, 2.75) is 85.7 Å². The number of nitriles is 1. The van der Waals surface area contributed by atoms with Gasteiger partial charge in [0.2, 0.25) is 0 Å². The summed E-state index contributed by atoms with van der Waals surface area (Å²) >= 11 is 0. The lowest BCUT2D eigenvalue weighted by atomic mass is 9.99. The second-order valence-electron chi connectivity index (χ2n) is 9.40. The number of hydrogen-bond acceptors (Lipinski definition) is 5. The molecule has 0 aromatic carbocycles. The van der Waals surface area contributed by atoms with Crippen LogP contribution in [0.1, 0.15) is 80.1 Å². The number of aliphatic imine (C=N–C) groups is 2. The fourth-order valence-corrected chi connectivity index (χ4v) is 3.20. The van der Waals surface area contributed by atoms with Crippen LogP contribution in [0.5, 0.6) is 0 Å². The third-order valence-corrected chi connectivity index (χ3v) is 5.24. The van der Waals surface area contributed by atoms with Gasteiger partial charge < -0.3 is 9.73 Å². The van der Waals surface area contributed by atoms with E-state index in [0.29, 0.717) is 32.3 Å². The van der Waals surface area contributed by atoms with Crippen LogP contribution in [-0.4, -0.2) is 63.3 Å². The van der Waals surface area contributed by atoms with E-state index in [1.807, 2.05) is 45.2 Å². The zero-order valence-corrected chi connectivity index (χ0v) is 24.9. The number of piperidine rings is 1. The number of ether oxygens (including phenoxy) is 1. The molecule has 37 heavy (non-hydrogen) atoms. The van der Waals surface area contributed by atoms with Gasteiger partial charge in [0.15, 0.2) is 0 Å². The van der Waals surface area contributed by atoms with E-state index in [1.165, 1.54) is 25.9 Å². The first-order chi connectivity index (χ1) is 17.7. The van der Waals surface area contributed by atoms with Gasteiger partial charge in [-0.05, 0) is 77.8 Å². The molecule has 0 saturated carbocycles. The van der Waals surface area contributed by atoms with Gasteiger partial charge in [0, 0.05) is 33.5 Å². The average molecular weight is 517 g/mol. The van der Waals surface area contributed by atoms with E-state index in [4.69, 9.17) is 10.00 Å². The predicted octanol–water partition coefficient (Wildman–Crippen LogP) is 7.62. The number of halogens is 1. The monoisotopic (exact) mass is 516 g/mol. The Morgan fingerprint density at radius 2 is 1.68 bits per heavy atom. The molecule has 6 heteroatoms. The number of allylic oxidation sites excluding steroid dienone is 6. The quantitative estimate of drug-likeness (QED) is 0.269. The molecule has 1 fully saturated rings. The fraction of sp³-hybridized carbons (Fsp3) is 0.645. The molecule has 1 aliphatic carbocycles. The highest BCUT2D eigenvalue weighted by Crippen LogP contribution is 2.21. The van der Waals surface area contributed by atoms with Gasteiger partial charge in [-0.3, -0.25) is 9.89 Å². The molecule has 0 aromatic rings. The van der Waals surface area contributed by atoms with E-state index in [9.17, 15) is 4.39 Å². The highest BCUT2D eigenvalue weighted by molar-refractivity contribution is 5.87. The molecule has 0 amide bonds. The molecule has 0 spiro atoms. The maximum Gasteiger partial charge on any atom is 0.103 e. The summed E-state index contributed by atoms with van der Waals surface area (Å²) in [5, 5.41) is 8.38. The normalized spacial score (nSPS) is 18.8. The third kappa shape index (κ3) is 24.9. The van der Waals surface area contributed by atoms with Crippen molar-refractivity contribution in [1.29, 1.82) is 5.26 Å². The largest absolute Gasteiger partial charge is 0.370 e. The molecule has 0 radical (unpaired) electrons. The maximum absolute atomic E-state index is 13.3. The lowest BCUT2D eigenvalue weighted by molar-refractivity contribution is 0.0199. The van der Waals surface area contributed by atoms with E-state index in [2.05, 4.69) is 62.1 Å². The summed E-state index contributed by atoms with van der Waals surface area (Å²) in [4.78, 5) is 10.1. The number of nitrogens with zero attached hydrogens (tertiary/aromatic N) is 4. The fourth-order valence-electron chi connectivity index (χ4n) is 3.20. The smallest absolute Gasteiger partial charge is 0.103 e. The van der Waals surface area contributed by atoms with Crippen molar-refractivity contribution in [2.75, 3.05) is 40.3 Å². The topological polar surface area (TPSA) is 61.0 Å². The number of likely N-dealkylation sites (tertiary alicyclic amines) is 1. The first-order valence-electron chi connectivity index (χ1n) is 13.2. The zero-order chi connectivity index (χ0) is 29.1. The van der Waals surface area contributed by atoms with Crippen LogP contribution in [0.15, 0.2) is 45.7 Å². The average Bonchev–Trinajstić information content (AvgIpc) is 2.88. The van der Waals surface area contributed by atoms with Gasteiger partial charge in [-0.15, -0.1) is 12.8 Å². The Labute approximate surface area is 228 Å². The molecule has 0 unspecified atom stereocenters. The summed E-state index contributed by atoms with van der Waals surface area (Å²) < 4.78 is 19.1. The number of terminal acetylenes is 1. The maximum atomic E-state index is 13.3. The molecule has 0 atom stereocenters. The number of rotatable bonds is 6. The summed E-state index contributed by atoms with van der Waals surface area (Å²) in [5.74, 6) is 0.815. The van der Waals surface area contributed by atoms with Crippen molar-refractivity contribution < 1.29 is 9.13 Å². The van der Waals surface area contributed by atoms with Crippen molar-refractivity contribution in [1.82, 2.24) is 4.90 Å². The van der Waals surface area contributed by atoms with Gasteiger partial charge in [-0.25, -0.2) is 4.39 Å². The molecule has 0 bridgehead atoms. The van der Waals surface area contributed by atoms with E-state index in [0.717, 1.165) is 23.7 Å². The SMILES string of the molecule is C#C.C=NC.CC.CN=C(COC(C)(C)C)CN1CCC(C)CC1.N#CCC/C1=C(\F)C/C=C\C=CC1. The molecule has 210 valence electrons. The molecule has 0 aromatic heterocycles. The van der Waals surface area contributed by atoms with Gasteiger partial charge in [-0.1, -0.05) is 45.1 Å². The molecular formula is C31H53FN4O. The van der Waals surface area contributed by atoms with E-state index in [1.54, 1.807) is 13.1 Å².